The molecule has 1 heterocycles. The van der Waals surface area contributed by atoms with E-state index in [1.54, 1.807) is 0 Å². The van der Waals surface area contributed by atoms with E-state index in [4.69, 9.17) is 0 Å². The highest BCUT2D eigenvalue weighted by Gasteiger charge is 2.35. The smallest absolute Gasteiger partial charge is 0.194 e. The van der Waals surface area contributed by atoms with Gasteiger partial charge < -0.3 is 4.90 Å². The highest BCUT2D eigenvalue weighted by molar-refractivity contribution is 6.26. The summed E-state index contributed by atoms with van der Waals surface area (Å²) in [5, 5.41) is 0. The van der Waals surface area contributed by atoms with Crippen LogP contribution in [0.5, 0.6) is 0 Å². The highest BCUT2D eigenvalue weighted by Crippen LogP contribution is 2.44. The van der Waals surface area contributed by atoms with E-state index in [1.807, 2.05) is 45.3 Å². The van der Waals surface area contributed by atoms with Gasteiger partial charge in [0.05, 0.1) is 6.54 Å². The van der Waals surface area contributed by atoms with Crippen molar-refractivity contribution >= 4 is 17.1 Å². The summed E-state index contributed by atoms with van der Waals surface area (Å²) in [6.07, 6.45) is 4.31. The molecule has 3 nitrogen and oxygen atoms in total. The summed E-state index contributed by atoms with van der Waals surface area (Å²) in [6, 6.07) is 7.90. The van der Waals surface area contributed by atoms with E-state index in [9.17, 15) is 4.79 Å². The van der Waals surface area contributed by atoms with Crippen molar-refractivity contribution in [1.82, 2.24) is 4.90 Å². The fourth-order valence-corrected chi connectivity index (χ4v) is 3.70. The first-order valence-corrected chi connectivity index (χ1v) is 8.20. The molecular formula is C21H20N2O. The number of ketones is 1. The molecule has 0 fully saturated rings. The number of carbonyl (C=O) groups is 1. The molecule has 1 aliphatic heterocycles. The molecule has 4 rings (SSSR count). The van der Waals surface area contributed by atoms with Gasteiger partial charge in [-0.15, -0.1) is 0 Å². The quantitative estimate of drug-likeness (QED) is 0.831. The Hall–Kier alpha value is -2.68. The summed E-state index contributed by atoms with van der Waals surface area (Å²) < 4.78 is 0. The average Bonchev–Trinajstić information content (AvgIpc) is 3.14. The molecule has 0 amide bonds. The van der Waals surface area contributed by atoms with E-state index in [1.165, 1.54) is 5.57 Å². The molecule has 0 radical (unpaired) electrons. The maximum atomic E-state index is 13.3. The van der Waals surface area contributed by atoms with Crippen molar-refractivity contribution in [1.29, 1.82) is 0 Å². The van der Waals surface area contributed by atoms with Crippen LogP contribution in [0, 0.1) is 0 Å². The number of likely N-dealkylation sites (N-methyl/N-ethyl adjacent to an activating group) is 1. The first kappa shape index (κ1) is 14.9. The van der Waals surface area contributed by atoms with Gasteiger partial charge in [-0.3, -0.25) is 9.79 Å². The Kier molecular flexibility index (Phi) is 3.20. The van der Waals surface area contributed by atoms with Crippen molar-refractivity contribution in [3.05, 3.63) is 75.5 Å². The Bertz CT molecular complexity index is 936. The second-order valence-corrected chi connectivity index (χ2v) is 6.74. The van der Waals surface area contributed by atoms with Gasteiger partial charge in [0.15, 0.2) is 5.78 Å². The van der Waals surface area contributed by atoms with Crippen molar-refractivity contribution in [2.24, 2.45) is 4.99 Å². The van der Waals surface area contributed by atoms with Gasteiger partial charge in [0, 0.05) is 42.2 Å². The van der Waals surface area contributed by atoms with Crippen molar-refractivity contribution in [2.45, 2.75) is 13.8 Å². The maximum absolute atomic E-state index is 13.3. The van der Waals surface area contributed by atoms with Crippen LogP contribution < -0.4 is 0 Å². The summed E-state index contributed by atoms with van der Waals surface area (Å²) in [5.74, 6) is 0.111. The molecule has 3 heteroatoms. The number of allylic oxidation sites excluding steroid dienone is 6. The van der Waals surface area contributed by atoms with Crippen LogP contribution in [0.2, 0.25) is 0 Å². The lowest BCUT2D eigenvalue weighted by molar-refractivity contribution is 0.103. The third-order valence-corrected chi connectivity index (χ3v) is 4.94. The Morgan fingerprint density at radius 3 is 2.33 bits per heavy atom. The first-order valence-electron chi connectivity index (χ1n) is 8.20. The molecule has 0 aromatic heterocycles. The van der Waals surface area contributed by atoms with Gasteiger partial charge in [0.1, 0.15) is 0 Å². The van der Waals surface area contributed by atoms with Crippen molar-refractivity contribution < 1.29 is 4.79 Å². The number of hydrogen-bond acceptors (Lipinski definition) is 3. The van der Waals surface area contributed by atoms with E-state index in [-0.39, 0.29) is 5.78 Å². The van der Waals surface area contributed by atoms with Gasteiger partial charge in [-0.25, -0.2) is 0 Å². The zero-order valence-electron chi connectivity index (χ0n) is 14.5. The number of rotatable bonds is 2. The second-order valence-electron chi connectivity index (χ2n) is 6.74. The molecule has 0 unspecified atom stereocenters. The molecule has 1 aromatic carbocycles. The molecule has 3 aliphatic rings. The molecule has 0 saturated heterocycles. The molecule has 0 atom stereocenters. The minimum absolute atomic E-state index is 0.111. The predicted molar refractivity (Wildman–Crippen MR) is 98.2 cm³/mol. The van der Waals surface area contributed by atoms with Gasteiger partial charge in [0.25, 0.3) is 0 Å². The number of benzene rings is 1. The normalized spacial score (nSPS) is 19.2. The molecule has 0 bridgehead atoms. The summed E-state index contributed by atoms with van der Waals surface area (Å²) in [6.45, 7) is 4.77. The molecule has 2 aliphatic carbocycles. The van der Waals surface area contributed by atoms with Crippen LogP contribution in [0.4, 0.5) is 0 Å². The van der Waals surface area contributed by atoms with Gasteiger partial charge in [-0.2, -0.15) is 0 Å². The maximum Gasteiger partial charge on any atom is 0.194 e. The van der Waals surface area contributed by atoms with Gasteiger partial charge in [0.2, 0.25) is 0 Å². The van der Waals surface area contributed by atoms with Crippen molar-refractivity contribution in [3.63, 3.8) is 0 Å². The van der Waals surface area contributed by atoms with Gasteiger partial charge in [-0.05, 0) is 48.3 Å². The topological polar surface area (TPSA) is 32.7 Å². The fourth-order valence-electron chi connectivity index (χ4n) is 3.70. The summed E-state index contributed by atoms with van der Waals surface area (Å²) in [4.78, 5) is 19.9. The number of fused-ring (bicyclic) bond motifs is 3. The van der Waals surface area contributed by atoms with E-state index < -0.39 is 0 Å². The molecule has 24 heavy (non-hydrogen) atoms. The number of aliphatic imine (C=N–C) groups is 1. The monoisotopic (exact) mass is 316 g/mol. The number of nitrogens with zero attached hydrogens (tertiary/aromatic N) is 2. The summed E-state index contributed by atoms with van der Waals surface area (Å²) >= 11 is 0. The Balaban J connectivity index is 2.04. The minimum Gasteiger partial charge on any atom is -0.378 e. The lowest BCUT2D eigenvalue weighted by Crippen LogP contribution is -2.18. The molecular weight excluding hydrogens is 296 g/mol. The van der Waals surface area contributed by atoms with Gasteiger partial charge >= 0.3 is 0 Å². The zero-order valence-corrected chi connectivity index (χ0v) is 14.5. The van der Waals surface area contributed by atoms with Crippen LogP contribution in [0.1, 0.15) is 29.8 Å². The summed E-state index contributed by atoms with van der Waals surface area (Å²) in [5.41, 5.74) is 9.10. The number of Topliss-reactive ketones (excluding diaryl/α,β-unsaturated/α-hetero) is 1. The summed E-state index contributed by atoms with van der Waals surface area (Å²) in [7, 11) is 4.06. The van der Waals surface area contributed by atoms with Gasteiger partial charge in [-0.1, -0.05) is 24.3 Å². The zero-order chi connectivity index (χ0) is 17.0. The fraction of sp³-hybridized carbons (Fsp3) is 0.238. The lowest BCUT2D eigenvalue weighted by Gasteiger charge is -2.22. The average molecular weight is 316 g/mol. The van der Waals surface area contributed by atoms with Crippen LogP contribution in [0.25, 0.3) is 5.57 Å². The predicted octanol–water partition coefficient (Wildman–Crippen LogP) is 3.81. The Morgan fingerprint density at radius 2 is 1.71 bits per heavy atom. The van der Waals surface area contributed by atoms with E-state index in [0.717, 1.165) is 44.8 Å². The molecule has 0 N–H and O–H groups in total. The van der Waals surface area contributed by atoms with Crippen molar-refractivity contribution in [2.75, 3.05) is 20.6 Å². The first-order chi connectivity index (χ1) is 11.5. The molecule has 0 spiro atoms. The number of hydrogen-bond donors (Lipinski definition) is 0. The second kappa shape index (κ2) is 5.17. The molecule has 120 valence electrons. The van der Waals surface area contributed by atoms with Crippen LogP contribution in [0.15, 0.2) is 69.4 Å². The van der Waals surface area contributed by atoms with Crippen LogP contribution in [-0.2, 0) is 0 Å². The SMILES string of the molecule is CC1=NCC(C)=C1C1=C2C=C(N(C)C)C=C2c2ccccc2C1=O. The van der Waals surface area contributed by atoms with E-state index in [0.29, 0.717) is 6.54 Å². The van der Waals surface area contributed by atoms with Crippen molar-refractivity contribution in [3.8, 4) is 0 Å². The molecule has 0 saturated carbocycles. The standard InChI is InChI=1S/C21H20N2O/c1-12-11-22-13(2)19(12)20-18-10-14(23(3)4)9-17(18)15-7-5-6-8-16(15)21(20)24/h5-10H,11H2,1-4H3. The van der Waals surface area contributed by atoms with E-state index >= 15 is 0 Å². The third-order valence-electron chi connectivity index (χ3n) is 4.94. The highest BCUT2D eigenvalue weighted by atomic mass is 16.1. The molecule has 1 aromatic rings. The van der Waals surface area contributed by atoms with Crippen LogP contribution >= 0.6 is 0 Å². The minimum atomic E-state index is 0.111. The Labute approximate surface area is 142 Å². The van der Waals surface area contributed by atoms with E-state index in [2.05, 4.69) is 29.0 Å². The van der Waals surface area contributed by atoms with Crippen LogP contribution in [0.3, 0.4) is 0 Å². The third kappa shape index (κ3) is 1.97. The largest absolute Gasteiger partial charge is 0.378 e. The lowest BCUT2D eigenvalue weighted by atomic mass is 9.78. The number of carbonyl (C=O) groups excluding carboxylic acids is 1. The Morgan fingerprint density at radius 1 is 1.00 bits per heavy atom. The van der Waals surface area contributed by atoms with Crippen LogP contribution in [-0.4, -0.2) is 37.0 Å².